The molecule has 7 aromatic carbocycles. The molecule has 3 aromatic heterocycles. The van der Waals surface area contributed by atoms with Gasteiger partial charge in [-0.15, -0.1) is 0 Å². The van der Waals surface area contributed by atoms with E-state index < -0.39 is 0 Å². The highest BCUT2D eigenvalue weighted by Crippen LogP contribution is 2.39. The number of nitrogens with zero attached hydrogens (tertiary/aromatic N) is 2. The van der Waals surface area contributed by atoms with Gasteiger partial charge in [-0.1, -0.05) is 109 Å². The van der Waals surface area contributed by atoms with Crippen LogP contribution in [-0.4, -0.2) is 9.55 Å². The third kappa shape index (κ3) is 4.78. The van der Waals surface area contributed by atoms with Gasteiger partial charge in [0, 0.05) is 39.0 Å². The summed E-state index contributed by atoms with van der Waals surface area (Å²) < 4.78 is 8.48. The van der Waals surface area contributed by atoms with Crippen molar-refractivity contribution in [1.82, 2.24) is 9.55 Å². The van der Waals surface area contributed by atoms with Gasteiger partial charge in [-0.25, -0.2) is 0 Å². The van der Waals surface area contributed by atoms with Gasteiger partial charge in [0.05, 0.1) is 16.7 Å². The summed E-state index contributed by atoms with van der Waals surface area (Å²) in [5.41, 5.74) is 17.0. The highest BCUT2D eigenvalue weighted by Gasteiger charge is 2.17. The van der Waals surface area contributed by atoms with E-state index in [0.29, 0.717) is 0 Å². The Hall–Kier alpha value is -6.71. The fraction of sp³-hybridized carbons (Fsp3) is 0.0408. The SMILES string of the molecule is Cc1c(-c2cccc(-c3ccc4oc5ccccc5c4c3)c2)cccc1-c1nccc(-c2cccc(-n3c4ccccc4c4ccccc43)c2)c1C. The van der Waals surface area contributed by atoms with Crippen molar-refractivity contribution in [2.45, 2.75) is 13.8 Å². The summed E-state index contributed by atoms with van der Waals surface area (Å²) in [6.07, 6.45) is 1.95. The molecule has 0 saturated carbocycles. The van der Waals surface area contributed by atoms with Gasteiger partial charge in [-0.3, -0.25) is 4.98 Å². The molecule has 246 valence electrons. The highest BCUT2D eigenvalue weighted by molar-refractivity contribution is 6.09. The molecule has 3 heteroatoms. The summed E-state index contributed by atoms with van der Waals surface area (Å²) >= 11 is 0. The average Bonchev–Trinajstić information content (AvgIpc) is 3.74. The molecule has 0 atom stereocenters. The van der Waals surface area contributed by atoms with Gasteiger partial charge in [-0.2, -0.15) is 0 Å². The van der Waals surface area contributed by atoms with Crippen molar-refractivity contribution >= 4 is 43.7 Å². The zero-order chi connectivity index (χ0) is 34.8. The third-order valence-corrected chi connectivity index (χ3v) is 10.7. The van der Waals surface area contributed by atoms with Crippen molar-refractivity contribution in [1.29, 1.82) is 0 Å². The lowest BCUT2D eigenvalue weighted by Crippen LogP contribution is -1.97. The topological polar surface area (TPSA) is 31.0 Å². The summed E-state index contributed by atoms with van der Waals surface area (Å²) in [7, 11) is 0. The zero-order valence-corrected chi connectivity index (χ0v) is 29.0. The van der Waals surface area contributed by atoms with E-state index in [4.69, 9.17) is 9.40 Å². The Morgan fingerprint density at radius 2 is 1.02 bits per heavy atom. The highest BCUT2D eigenvalue weighted by atomic mass is 16.3. The second-order valence-corrected chi connectivity index (χ2v) is 13.6. The lowest BCUT2D eigenvalue weighted by Gasteiger charge is -2.16. The largest absolute Gasteiger partial charge is 0.456 e. The second-order valence-electron chi connectivity index (χ2n) is 13.6. The number of aromatic nitrogens is 2. The summed E-state index contributed by atoms with van der Waals surface area (Å²) in [5.74, 6) is 0. The second kappa shape index (κ2) is 12.0. The van der Waals surface area contributed by atoms with Crippen LogP contribution in [0.3, 0.4) is 0 Å². The van der Waals surface area contributed by atoms with Crippen LogP contribution in [0.1, 0.15) is 11.1 Å². The lowest BCUT2D eigenvalue weighted by molar-refractivity contribution is 0.669. The molecule has 52 heavy (non-hydrogen) atoms. The van der Waals surface area contributed by atoms with E-state index in [1.54, 1.807) is 0 Å². The Labute approximate surface area is 302 Å². The summed E-state index contributed by atoms with van der Waals surface area (Å²) in [5, 5.41) is 4.81. The first-order valence-corrected chi connectivity index (χ1v) is 17.8. The van der Waals surface area contributed by atoms with E-state index in [1.165, 1.54) is 60.8 Å². The predicted molar refractivity (Wildman–Crippen MR) is 217 cm³/mol. The van der Waals surface area contributed by atoms with Gasteiger partial charge >= 0.3 is 0 Å². The molecular weight excluding hydrogens is 633 g/mol. The molecule has 3 heterocycles. The van der Waals surface area contributed by atoms with Crippen molar-refractivity contribution in [3.8, 4) is 50.3 Å². The van der Waals surface area contributed by atoms with Crippen molar-refractivity contribution < 1.29 is 4.42 Å². The van der Waals surface area contributed by atoms with Crippen molar-refractivity contribution in [3.63, 3.8) is 0 Å². The number of hydrogen-bond acceptors (Lipinski definition) is 2. The van der Waals surface area contributed by atoms with E-state index in [-0.39, 0.29) is 0 Å². The van der Waals surface area contributed by atoms with E-state index in [9.17, 15) is 0 Å². The first-order chi connectivity index (χ1) is 25.6. The first-order valence-electron chi connectivity index (χ1n) is 17.8. The minimum Gasteiger partial charge on any atom is -0.456 e. The number of fused-ring (bicyclic) bond motifs is 6. The molecular formula is C49H34N2O. The molecule has 10 rings (SSSR count). The van der Waals surface area contributed by atoms with Crippen LogP contribution in [0.5, 0.6) is 0 Å². The van der Waals surface area contributed by atoms with E-state index in [1.807, 2.05) is 18.3 Å². The molecule has 0 unspecified atom stereocenters. The molecule has 3 nitrogen and oxygen atoms in total. The monoisotopic (exact) mass is 666 g/mol. The molecule has 0 saturated heterocycles. The summed E-state index contributed by atoms with van der Waals surface area (Å²) in [4.78, 5) is 4.98. The van der Waals surface area contributed by atoms with Crippen molar-refractivity contribution in [2.75, 3.05) is 0 Å². The van der Waals surface area contributed by atoms with Crippen LogP contribution in [0.15, 0.2) is 174 Å². The van der Waals surface area contributed by atoms with Crippen LogP contribution < -0.4 is 0 Å². The molecule has 0 aliphatic carbocycles. The van der Waals surface area contributed by atoms with Crippen LogP contribution in [0.4, 0.5) is 0 Å². The fourth-order valence-electron chi connectivity index (χ4n) is 8.11. The van der Waals surface area contributed by atoms with Crippen LogP contribution in [0.2, 0.25) is 0 Å². The van der Waals surface area contributed by atoms with Crippen LogP contribution in [-0.2, 0) is 0 Å². The molecule has 0 amide bonds. The maximum Gasteiger partial charge on any atom is 0.135 e. The normalized spacial score (nSPS) is 11.7. The third-order valence-electron chi connectivity index (χ3n) is 10.7. The van der Waals surface area contributed by atoms with Crippen LogP contribution >= 0.6 is 0 Å². The predicted octanol–water partition coefficient (Wildman–Crippen LogP) is 13.4. The zero-order valence-electron chi connectivity index (χ0n) is 29.0. The minimum atomic E-state index is 0.910. The maximum absolute atomic E-state index is 6.10. The van der Waals surface area contributed by atoms with Gasteiger partial charge in [0.15, 0.2) is 0 Å². The van der Waals surface area contributed by atoms with Gasteiger partial charge in [-0.05, 0) is 113 Å². The Balaban J connectivity index is 1.04. The maximum atomic E-state index is 6.10. The van der Waals surface area contributed by atoms with Crippen molar-refractivity contribution in [3.05, 3.63) is 181 Å². The summed E-state index contributed by atoms with van der Waals surface area (Å²) in [6.45, 7) is 4.42. The molecule has 0 bridgehead atoms. The molecule has 0 spiro atoms. The van der Waals surface area contributed by atoms with Gasteiger partial charge in [0.1, 0.15) is 11.2 Å². The van der Waals surface area contributed by atoms with E-state index in [0.717, 1.165) is 44.4 Å². The van der Waals surface area contributed by atoms with Crippen LogP contribution in [0, 0.1) is 13.8 Å². The molecule has 0 radical (unpaired) electrons. The number of furan rings is 1. The fourth-order valence-corrected chi connectivity index (χ4v) is 8.11. The molecule has 0 aliphatic heterocycles. The smallest absolute Gasteiger partial charge is 0.135 e. The Bertz CT molecular complexity index is 2940. The number of rotatable bonds is 5. The van der Waals surface area contributed by atoms with Gasteiger partial charge < -0.3 is 8.98 Å². The molecule has 0 aliphatic rings. The number of para-hydroxylation sites is 3. The van der Waals surface area contributed by atoms with Crippen LogP contribution in [0.25, 0.3) is 94.1 Å². The number of benzene rings is 7. The first kappa shape index (κ1) is 30.1. The van der Waals surface area contributed by atoms with Gasteiger partial charge in [0.25, 0.3) is 0 Å². The standard InChI is InChI=1S/C49H34N2O/c1-31-38(35-13-9-12-33(28-35)34-24-25-48-44(30-34)43-18-5-8-23-47(43)52-48)19-11-20-40(31)49-32(2)39(26-27-50-49)36-14-10-15-37(29-36)51-45-21-6-3-16-41(45)42-17-4-7-22-46(42)51/h3-30H,1-2H3. The van der Waals surface area contributed by atoms with E-state index >= 15 is 0 Å². The summed E-state index contributed by atoms with van der Waals surface area (Å²) in [6, 6.07) is 58.5. The number of hydrogen-bond donors (Lipinski definition) is 0. The average molecular weight is 667 g/mol. The van der Waals surface area contributed by atoms with Crippen molar-refractivity contribution in [2.24, 2.45) is 0 Å². The quantitative estimate of drug-likeness (QED) is 0.183. The molecule has 0 fully saturated rings. The minimum absolute atomic E-state index is 0.910. The Morgan fingerprint density at radius 1 is 0.423 bits per heavy atom. The lowest BCUT2D eigenvalue weighted by atomic mass is 9.90. The molecule has 0 N–H and O–H groups in total. The Kier molecular flexibility index (Phi) is 6.94. The van der Waals surface area contributed by atoms with Gasteiger partial charge in [0.2, 0.25) is 0 Å². The molecule has 10 aromatic rings. The van der Waals surface area contributed by atoms with E-state index in [2.05, 4.69) is 170 Å². The Morgan fingerprint density at radius 3 is 1.83 bits per heavy atom. The number of pyridine rings is 1.